The van der Waals surface area contributed by atoms with Crippen molar-refractivity contribution in [3.05, 3.63) is 166 Å². The van der Waals surface area contributed by atoms with Gasteiger partial charge in [0.25, 0.3) is 0 Å². The molecule has 5 aromatic carbocycles. The molecule has 0 radical (unpaired) electrons. The molecule has 0 bridgehead atoms. The molecular formula is C38H33NO2. The molecule has 0 saturated carbocycles. The van der Waals surface area contributed by atoms with Crippen LogP contribution >= 0.6 is 0 Å². The van der Waals surface area contributed by atoms with E-state index in [1.807, 2.05) is 36.4 Å². The SMILES string of the molecule is Cc1cc(C)c(N(c2ccc(C=CC(=O)O)cc2)c2ccc(C=C(c3ccccc3)c3ccccc3)cc2)c(C)c1. The second-order valence-electron chi connectivity index (χ2n) is 10.2. The molecule has 0 aliphatic heterocycles. The van der Waals surface area contributed by atoms with Gasteiger partial charge in [-0.1, -0.05) is 103 Å². The highest BCUT2D eigenvalue weighted by molar-refractivity contribution is 5.92. The van der Waals surface area contributed by atoms with E-state index in [9.17, 15) is 4.79 Å². The third-order valence-corrected chi connectivity index (χ3v) is 7.06. The van der Waals surface area contributed by atoms with Crippen molar-refractivity contribution in [2.75, 3.05) is 4.90 Å². The summed E-state index contributed by atoms with van der Waals surface area (Å²) in [5.41, 5.74) is 12.3. The van der Waals surface area contributed by atoms with Gasteiger partial charge in [0, 0.05) is 17.5 Å². The molecule has 3 nitrogen and oxygen atoms in total. The molecule has 0 amide bonds. The molecule has 5 aromatic rings. The van der Waals surface area contributed by atoms with Gasteiger partial charge in [-0.05, 0) is 96.1 Å². The van der Waals surface area contributed by atoms with Crippen molar-refractivity contribution in [1.82, 2.24) is 0 Å². The Morgan fingerprint density at radius 3 is 1.56 bits per heavy atom. The maximum Gasteiger partial charge on any atom is 0.328 e. The summed E-state index contributed by atoms with van der Waals surface area (Å²) in [7, 11) is 0. The van der Waals surface area contributed by atoms with Gasteiger partial charge in [-0.2, -0.15) is 0 Å². The zero-order valence-electron chi connectivity index (χ0n) is 23.6. The van der Waals surface area contributed by atoms with Crippen LogP contribution in [0, 0.1) is 20.8 Å². The van der Waals surface area contributed by atoms with Gasteiger partial charge in [-0.25, -0.2) is 4.79 Å². The monoisotopic (exact) mass is 535 g/mol. The lowest BCUT2D eigenvalue weighted by molar-refractivity contribution is -0.131. The van der Waals surface area contributed by atoms with Crippen LogP contribution in [-0.4, -0.2) is 11.1 Å². The highest BCUT2D eigenvalue weighted by Crippen LogP contribution is 2.39. The maximum absolute atomic E-state index is 11.0. The molecule has 0 saturated heterocycles. The number of carboxylic acid groups (broad SMARTS) is 1. The lowest BCUT2D eigenvalue weighted by Crippen LogP contribution is -2.13. The zero-order chi connectivity index (χ0) is 28.8. The van der Waals surface area contributed by atoms with E-state index in [1.54, 1.807) is 6.08 Å². The fraction of sp³-hybridized carbons (Fsp3) is 0.0789. The highest BCUT2D eigenvalue weighted by atomic mass is 16.4. The van der Waals surface area contributed by atoms with Crippen LogP contribution < -0.4 is 4.90 Å². The summed E-state index contributed by atoms with van der Waals surface area (Å²) in [4.78, 5) is 13.3. The van der Waals surface area contributed by atoms with E-state index in [0.29, 0.717) is 0 Å². The summed E-state index contributed by atoms with van der Waals surface area (Å²) in [6.07, 6.45) is 5.01. The molecule has 5 rings (SSSR count). The summed E-state index contributed by atoms with van der Waals surface area (Å²) in [5, 5.41) is 9.01. The Balaban J connectivity index is 1.58. The van der Waals surface area contributed by atoms with E-state index in [0.717, 1.165) is 34.3 Å². The Kier molecular flexibility index (Phi) is 8.26. The Morgan fingerprint density at radius 2 is 1.10 bits per heavy atom. The number of nitrogens with zero attached hydrogens (tertiary/aromatic N) is 1. The van der Waals surface area contributed by atoms with Gasteiger partial charge in [0.15, 0.2) is 0 Å². The Hall–Kier alpha value is -5.15. The second kappa shape index (κ2) is 12.4. The van der Waals surface area contributed by atoms with Crippen molar-refractivity contribution in [2.45, 2.75) is 20.8 Å². The van der Waals surface area contributed by atoms with Crippen LogP contribution in [0.2, 0.25) is 0 Å². The van der Waals surface area contributed by atoms with Crippen molar-refractivity contribution >= 4 is 40.8 Å². The largest absolute Gasteiger partial charge is 0.478 e. The molecular weight excluding hydrogens is 502 g/mol. The van der Waals surface area contributed by atoms with E-state index >= 15 is 0 Å². The van der Waals surface area contributed by atoms with Crippen LogP contribution in [0.3, 0.4) is 0 Å². The van der Waals surface area contributed by atoms with Gasteiger partial charge < -0.3 is 10.0 Å². The van der Waals surface area contributed by atoms with E-state index in [1.165, 1.54) is 33.4 Å². The van der Waals surface area contributed by atoms with Crippen LogP contribution in [0.25, 0.3) is 17.7 Å². The first-order valence-electron chi connectivity index (χ1n) is 13.7. The first-order chi connectivity index (χ1) is 19.9. The average Bonchev–Trinajstić information content (AvgIpc) is 2.98. The topological polar surface area (TPSA) is 40.5 Å². The summed E-state index contributed by atoms with van der Waals surface area (Å²) in [6, 6.07) is 42.0. The van der Waals surface area contributed by atoms with E-state index in [4.69, 9.17) is 5.11 Å². The Labute approximate surface area is 242 Å². The normalized spacial score (nSPS) is 10.9. The zero-order valence-corrected chi connectivity index (χ0v) is 23.6. The van der Waals surface area contributed by atoms with Crippen molar-refractivity contribution in [2.24, 2.45) is 0 Å². The third-order valence-electron chi connectivity index (χ3n) is 7.06. The van der Waals surface area contributed by atoms with Crippen molar-refractivity contribution in [3.8, 4) is 0 Å². The summed E-state index contributed by atoms with van der Waals surface area (Å²) in [5.74, 6) is -0.960. The summed E-state index contributed by atoms with van der Waals surface area (Å²) < 4.78 is 0. The number of hydrogen-bond donors (Lipinski definition) is 1. The lowest BCUT2D eigenvalue weighted by atomic mass is 9.95. The van der Waals surface area contributed by atoms with Gasteiger partial charge in [0.05, 0.1) is 5.69 Å². The van der Waals surface area contributed by atoms with Gasteiger partial charge in [0.1, 0.15) is 0 Å². The van der Waals surface area contributed by atoms with Crippen LogP contribution in [0.4, 0.5) is 17.1 Å². The number of benzene rings is 5. The van der Waals surface area contributed by atoms with Crippen molar-refractivity contribution in [1.29, 1.82) is 0 Å². The molecule has 0 atom stereocenters. The lowest BCUT2D eigenvalue weighted by Gasteiger charge is -2.29. The van der Waals surface area contributed by atoms with Crippen molar-refractivity contribution < 1.29 is 9.90 Å². The fourth-order valence-corrected chi connectivity index (χ4v) is 5.29. The molecule has 0 aromatic heterocycles. The number of hydrogen-bond acceptors (Lipinski definition) is 2. The number of aliphatic carboxylic acids is 1. The van der Waals surface area contributed by atoms with Crippen LogP contribution in [0.1, 0.15) is 38.9 Å². The number of carboxylic acids is 1. The van der Waals surface area contributed by atoms with Gasteiger partial charge in [0.2, 0.25) is 0 Å². The molecule has 41 heavy (non-hydrogen) atoms. The maximum atomic E-state index is 11.0. The van der Waals surface area contributed by atoms with Crippen LogP contribution in [-0.2, 0) is 4.79 Å². The summed E-state index contributed by atoms with van der Waals surface area (Å²) >= 11 is 0. The molecule has 202 valence electrons. The standard InChI is InChI=1S/C38H33NO2/c1-27-24-28(2)38(29(3)25-27)39(34-19-14-30(15-20-34)18-23-37(40)41)35-21-16-31(17-22-35)26-36(32-10-6-4-7-11-32)33-12-8-5-9-13-33/h4-26H,1-3H3,(H,40,41). The molecule has 0 aliphatic rings. The minimum atomic E-state index is -0.960. The Morgan fingerprint density at radius 1 is 0.634 bits per heavy atom. The number of anilines is 3. The van der Waals surface area contributed by atoms with Crippen molar-refractivity contribution in [3.63, 3.8) is 0 Å². The first-order valence-corrected chi connectivity index (χ1v) is 13.7. The molecule has 1 N–H and O–H groups in total. The summed E-state index contributed by atoms with van der Waals surface area (Å²) in [6.45, 7) is 6.42. The van der Waals surface area contributed by atoms with Crippen LogP contribution in [0.5, 0.6) is 0 Å². The molecule has 0 aliphatic carbocycles. The quantitative estimate of drug-likeness (QED) is 0.159. The smallest absolute Gasteiger partial charge is 0.328 e. The predicted molar refractivity (Wildman–Crippen MR) is 172 cm³/mol. The van der Waals surface area contributed by atoms with Gasteiger partial charge >= 0.3 is 5.97 Å². The number of aryl methyl sites for hydroxylation is 3. The van der Waals surface area contributed by atoms with Gasteiger partial charge in [-0.3, -0.25) is 0 Å². The van der Waals surface area contributed by atoms with Gasteiger partial charge in [-0.15, -0.1) is 0 Å². The number of carbonyl (C=O) groups is 1. The third kappa shape index (κ3) is 6.54. The molecule has 0 heterocycles. The van der Waals surface area contributed by atoms with E-state index in [2.05, 4.69) is 117 Å². The predicted octanol–water partition coefficient (Wildman–Crippen LogP) is 9.77. The molecule has 0 spiro atoms. The van der Waals surface area contributed by atoms with E-state index in [-0.39, 0.29) is 0 Å². The minimum absolute atomic E-state index is 0.836. The first kappa shape index (κ1) is 27.4. The van der Waals surface area contributed by atoms with Crippen LogP contribution in [0.15, 0.2) is 127 Å². The highest BCUT2D eigenvalue weighted by Gasteiger charge is 2.17. The average molecular weight is 536 g/mol. The molecule has 0 fully saturated rings. The molecule has 3 heteroatoms. The minimum Gasteiger partial charge on any atom is -0.478 e. The second-order valence-corrected chi connectivity index (χ2v) is 10.2. The van der Waals surface area contributed by atoms with E-state index < -0.39 is 5.97 Å². The molecule has 0 unspecified atom stereocenters. The number of rotatable bonds is 8. The Bertz CT molecular complexity index is 1630. The fourth-order valence-electron chi connectivity index (χ4n) is 5.29.